The quantitative estimate of drug-likeness (QED) is 0.694. The molecule has 0 aliphatic carbocycles. The molecule has 0 aliphatic rings. The van der Waals surface area contributed by atoms with Gasteiger partial charge in [-0.3, -0.25) is 4.57 Å². The lowest BCUT2D eigenvalue weighted by molar-refractivity contribution is -0.209. The van der Waals surface area contributed by atoms with Crippen molar-refractivity contribution in [3.8, 4) is 0 Å². The fraction of sp³-hybridized carbons (Fsp3) is 1.00. The maximum absolute atomic E-state index is 12.7. The van der Waals surface area contributed by atoms with Crippen LogP contribution in [-0.4, -0.2) is 25.6 Å². The molecule has 0 N–H and O–H groups in total. The average molecular weight is 260 g/mol. The largest absolute Gasteiger partial charge is 0.415 e. The molecule has 2 unspecified atom stereocenters. The summed E-state index contributed by atoms with van der Waals surface area (Å²) in [5.74, 6) is -0.537. The third-order valence-corrected chi connectivity index (χ3v) is 2.78. The van der Waals surface area contributed by atoms with E-state index >= 15 is 0 Å². The Bertz CT molecular complexity index is 257. The molecule has 0 saturated heterocycles. The van der Waals surface area contributed by atoms with Crippen LogP contribution in [0.2, 0.25) is 0 Å². The van der Waals surface area contributed by atoms with Crippen molar-refractivity contribution in [3.63, 3.8) is 0 Å². The number of halogens is 3. The van der Waals surface area contributed by atoms with Crippen LogP contribution in [0.15, 0.2) is 0 Å². The second kappa shape index (κ2) is 5.54. The monoisotopic (exact) mass is 260 g/mol. The number of alkyl halides is 3. The van der Waals surface area contributed by atoms with E-state index < -0.39 is 25.6 Å². The van der Waals surface area contributed by atoms with E-state index in [-0.39, 0.29) is 5.92 Å². The van der Waals surface area contributed by atoms with Gasteiger partial charge in [0.15, 0.2) is 13.5 Å². The Balaban J connectivity index is 4.75. The van der Waals surface area contributed by atoms with E-state index in [2.05, 4.69) is 0 Å². The molecule has 2 nitrogen and oxygen atoms in total. The van der Waals surface area contributed by atoms with E-state index in [4.69, 9.17) is 4.52 Å². The Morgan fingerprint density at radius 1 is 1.19 bits per heavy atom. The van der Waals surface area contributed by atoms with Crippen LogP contribution < -0.4 is 0 Å². The normalized spacial score (nSPS) is 17.6. The molecule has 2 atom stereocenters. The lowest BCUT2D eigenvalue weighted by Gasteiger charge is -2.28. The second-order valence-electron chi connectivity index (χ2n) is 4.93. The van der Waals surface area contributed by atoms with Crippen molar-refractivity contribution in [1.29, 1.82) is 0 Å². The summed E-state index contributed by atoms with van der Waals surface area (Å²) >= 11 is 0. The first-order valence-electron chi connectivity index (χ1n) is 5.23. The van der Waals surface area contributed by atoms with Gasteiger partial charge in [-0.15, -0.1) is 0 Å². The molecule has 0 rings (SSSR count). The summed E-state index contributed by atoms with van der Waals surface area (Å²) in [6.45, 7) is 7.58. The zero-order chi connectivity index (χ0) is 13.1. The third kappa shape index (κ3) is 6.54. The van der Waals surface area contributed by atoms with Crippen LogP contribution in [0.4, 0.5) is 13.2 Å². The summed E-state index contributed by atoms with van der Waals surface area (Å²) in [7, 11) is -3.14. The summed E-state index contributed by atoms with van der Waals surface area (Å²) in [4.78, 5) is 0. The lowest BCUT2D eigenvalue weighted by Crippen LogP contribution is -2.37. The summed E-state index contributed by atoms with van der Waals surface area (Å²) in [5.41, 5.74) is 0. The predicted octanol–water partition coefficient (Wildman–Crippen LogP) is 4.15. The summed E-state index contributed by atoms with van der Waals surface area (Å²) in [6.07, 6.45) is -6.00. The Kier molecular flexibility index (Phi) is 5.54. The SMILES string of the molecule is CC(C)CC(C)C(OP(C)(C)=O)C(F)(F)F. The number of hydrogen-bond donors (Lipinski definition) is 0. The van der Waals surface area contributed by atoms with Gasteiger partial charge in [0.25, 0.3) is 0 Å². The second-order valence-corrected chi connectivity index (χ2v) is 7.64. The van der Waals surface area contributed by atoms with Crippen LogP contribution in [0.5, 0.6) is 0 Å². The summed E-state index contributed by atoms with van der Waals surface area (Å²) in [6, 6.07) is 0. The molecule has 98 valence electrons. The zero-order valence-electron chi connectivity index (χ0n) is 10.3. The molecule has 0 aliphatic heterocycles. The van der Waals surface area contributed by atoms with Crippen LogP contribution in [0, 0.1) is 11.8 Å². The summed E-state index contributed by atoms with van der Waals surface area (Å²) < 4.78 is 54.2. The highest BCUT2D eigenvalue weighted by molar-refractivity contribution is 7.57. The van der Waals surface area contributed by atoms with Gasteiger partial charge in [0, 0.05) is 13.3 Å². The third-order valence-electron chi connectivity index (χ3n) is 2.05. The Labute approximate surface area is 95.0 Å². The molecule has 0 bridgehead atoms. The van der Waals surface area contributed by atoms with Gasteiger partial charge in [-0.05, 0) is 18.3 Å². The van der Waals surface area contributed by atoms with Gasteiger partial charge in [0.2, 0.25) is 0 Å². The minimum Gasteiger partial charge on any atom is -0.316 e. The number of hydrogen-bond acceptors (Lipinski definition) is 2. The van der Waals surface area contributed by atoms with Crippen LogP contribution in [-0.2, 0) is 9.09 Å². The maximum Gasteiger partial charge on any atom is 0.415 e. The van der Waals surface area contributed by atoms with E-state index in [0.717, 1.165) is 0 Å². The molecule has 0 radical (unpaired) electrons. The van der Waals surface area contributed by atoms with Crippen molar-refractivity contribution in [2.45, 2.75) is 39.5 Å². The zero-order valence-corrected chi connectivity index (χ0v) is 11.2. The molecule has 0 aromatic carbocycles. The molecular formula is C10H20F3O2P. The maximum atomic E-state index is 12.7. The predicted molar refractivity (Wildman–Crippen MR) is 59.0 cm³/mol. The Morgan fingerprint density at radius 3 is 1.88 bits per heavy atom. The van der Waals surface area contributed by atoms with Gasteiger partial charge in [-0.2, -0.15) is 13.2 Å². The van der Waals surface area contributed by atoms with Gasteiger partial charge in [0.05, 0.1) is 0 Å². The fourth-order valence-corrected chi connectivity index (χ4v) is 2.50. The minimum atomic E-state index is -4.46. The van der Waals surface area contributed by atoms with E-state index in [1.54, 1.807) is 0 Å². The van der Waals surface area contributed by atoms with Crippen LogP contribution in [0.3, 0.4) is 0 Å². The molecule has 0 fully saturated rings. The molecule has 6 heteroatoms. The van der Waals surface area contributed by atoms with Gasteiger partial charge in [-0.1, -0.05) is 20.8 Å². The minimum absolute atomic E-state index is 0.150. The first-order chi connectivity index (χ1) is 6.93. The van der Waals surface area contributed by atoms with Crippen LogP contribution in [0.25, 0.3) is 0 Å². The molecule has 0 saturated carbocycles. The van der Waals surface area contributed by atoms with Crippen molar-refractivity contribution in [2.75, 3.05) is 13.3 Å². The molecule has 0 spiro atoms. The van der Waals surface area contributed by atoms with E-state index in [9.17, 15) is 17.7 Å². The van der Waals surface area contributed by atoms with E-state index in [0.29, 0.717) is 6.42 Å². The van der Waals surface area contributed by atoms with Crippen molar-refractivity contribution in [1.82, 2.24) is 0 Å². The standard InChI is InChI=1S/C10H20F3O2P/c1-7(2)6-8(3)9(10(11,12)13)15-16(4,5)14/h7-9H,6H2,1-5H3. The van der Waals surface area contributed by atoms with Crippen LogP contribution in [0.1, 0.15) is 27.2 Å². The van der Waals surface area contributed by atoms with Crippen molar-refractivity contribution >= 4 is 7.37 Å². The average Bonchev–Trinajstić information content (AvgIpc) is 1.94. The first kappa shape index (κ1) is 16.0. The molecule has 0 amide bonds. The van der Waals surface area contributed by atoms with Crippen LogP contribution >= 0.6 is 7.37 Å². The van der Waals surface area contributed by atoms with Gasteiger partial charge in [0.1, 0.15) is 0 Å². The molecular weight excluding hydrogens is 240 g/mol. The highest BCUT2D eigenvalue weighted by Gasteiger charge is 2.46. The summed E-state index contributed by atoms with van der Waals surface area (Å²) in [5, 5.41) is 0. The lowest BCUT2D eigenvalue weighted by atomic mass is 9.94. The highest BCUT2D eigenvalue weighted by Crippen LogP contribution is 2.45. The van der Waals surface area contributed by atoms with Crippen molar-refractivity contribution in [2.24, 2.45) is 11.8 Å². The van der Waals surface area contributed by atoms with Crippen molar-refractivity contribution < 1.29 is 22.3 Å². The molecule has 0 aromatic heterocycles. The van der Waals surface area contributed by atoms with Gasteiger partial charge >= 0.3 is 6.18 Å². The Hall–Kier alpha value is -0.0200. The molecule has 16 heavy (non-hydrogen) atoms. The van der Waals surface area contributed by atoms with E-state index in [1.165, 1.54) is 20.3 Å². The van der Waals surface area contributed by atoms with E-state index in [1.807, 2.05) is 13.8 Å². The highest BCUT2D eigenvalue weighted by atomic mass is 31.2. The van der Waals surface area contributed by atoms with Gasteiger partial charge in [-0.25, -0.2) is 0 Å². The molecule has 0 aromatic rings. The number of rotatable bonds is 5. The fourth-order valence-electron chi connectivity index (χ4n) is 1.63. The Morgan fingerprint density at radius 2 is 1.62 bits per heavy atom. The first-order valence-corrected chi connectivity index (χ1v) is 7.75. The van der Waals surface area contributed by atoms with Gasteiger partial charge < -0.3 is 4.52 Å². The molecule has 0 heterocycles. The van der Waals surface area contributed by atoms with Crippen molar-refractivity contribution in [3.05, 3.63) is 0 Å². The smallest absolute Gasteiger partial charge is 0.316 e. The topological polar surface area (TPSA) is 26.3 Å².